The van der Waals surface area contributed by atoms with E-state index >= 15 is 0 Å². The van der Waals surface area contributed by atoms with Crippen molar-refractivity contribution in [2.45, 2.75) is 46.6 Å². The maximum atomic E-state index is 11.6. The van der Waals surface area contributed by atoms with Gasteiger partial charge in [0.25, 0.3) is 0 Å². The van der Waals surface area contributed by atoms with E-state index in [0.29, 0.717) is 0 Å². The summed E-state index contributed by atoms with van der Waals surface area (Å²) in [5.41, 5.74) is 0. The van der Waals surface area contributed by atoms with Crippen LogP contribution in [0.2, 0.25) is 0 Å². The van der Waals surface area contributed by atoms with Gasteiger partial charge in [0.1, 0.15) is 6.04 Å². The van der Waals surface area contributed by atoms with Gasteiger partial charge in [-0.15, -0.1) is 0 Å². The van der Waals surface area contributed by atoms with Gasteiger partial charge < -0.3 is 15.2 Å². The van der Waals surface area contributed by atoms with E-state index < -0.39 is 23.9 Å². The SMILES string of the molecule is CCOC(=O)C[C@H](C)[C@@H](NC(=O)CC(C)C)C(=O)O. The van der Waals surface area contributed by atoms with Crippen LogP contribution in [0.25, 0.3) is 0 Å². The molecule has 0 saturated heterocycles. The molecule has 0 spiro atoms. The normalized spacial score (nSPS) is 13.7. The lowest BCUT2D eigenvalue weighted by Gasteiger charge is -2.21. The second-order valence-corrected chi connectivity index (χ2v) is 4.97. The molecule has 110 valence electrons. The predicted octanol–water partition coefficient (Wildman–Crippen LogP) is 1.19. The van der Waals surface area contributed by atoms with Crippen LogP contribution in [0.5, 0.6) is 0 Å². The summed E-state index contributed by atoms with van der Waals surface area (Å²) in [6.07, 6.45) is 0.225. The highest BCUT2D eigenvalue weighted by molar-refractivity contribution is 5.84. The summed E-state index contributed by atoms with van der Waals surface area (Å²) in [5.74, 6) is -2.30. The smallest absolute Gasteiger partial charge is 0.326 e. The van der Waals surface area contributed by atoms with E-state index in [9.17, 15) is 14.4 Å². The van der Waals surface area contributed by atoms with Gasteiger partial charge in [-0.3, -0.25) is 9.59 Å². The first-order chi connectivity index (χ1) is 8.77. The Kier molecular flexibility index (Phi) is 7.79. The molecule has 0 fully saturated rings. The van der Waals surface area contributed by atoms with Crippen molar-refractivity contribution < 1.29 is 24.2 Å². The van der Waals surface area contributed by atoms with Crippen LogP contribution in [0.4, 0.5) is 0 Å². The van der Waals surface area contributed by atoms with Crippen molar-refractivity contribution in [3.05, 3.63) is 0 Å². The third kappa shape index (κ3) is 7.43. The maximum absolute atomic E-state index is 11.6. The molecule has 0 rings (SSSR count). The lowest BCUT2D eigenvalue weighted by Crippen LogP contribution is -2.46. The van der Waals surface area contributed by atoms with Crippen molar-refractivity contribution >= 4 is 17.8 Å². The van der Waals surface area contributed by atoms with Crippen molar-refractivity contribution in [1.82, 2.24) is 5.32 Å². The van der Waals surface area contributed by atoms with Crippen LogP contribution in [0, 0.1) is 11.8 Å². The first-order valence-electron chi connectivity index (χ1n) is 6.45. The highest BCUT2D eigenvalue weighted by atomic mass is 16.5. The zero-order valence-corrected chi connectivity index (χ0v) is 11.9. The standard InChI is InChI=1S/C13H23NO5/c1-5-19-11(16)7-9(4)12(13(17)18)14-10(15)6-8(2)3/h8-9,12H,5-7H2,1-4H3,(H,14,15)(H,17,18)/t9-,12+/m0/s1. The van der Waals surface area contributed by atoms with Crippen LogP contribution < -0.4 is 5.32 Å². The number of aliphatic carboxylic acids is 1. The van der Waals surface area contributed by atoms with E-state index in [1.54, 1.807) is 13.8 Å². The van der Waals surface area contributed by atoms with E-state index in [0.717, 1.165) is 0 Å². The van der Waals surface area contributed by atoms with Crippen molar-refractivity contribution in [3.63, 3.8) is 0 Å². The Balaban J connectivity index is 4.51. The van der Waals surface area contributed by atoms with Crippen LogP contribution in [0.15, 0.2) is 0 Å². The number of rotatable bonds is 8. The van der Waals surface area contributed by atoms with Crippen LogP contribution in [0.1, 0.15) is 40.5 Å². The first-order valence-corrected chi connectivity index (χ1v) is 6.45. The Bertz CT molecular complexity index is 327. The Morgan fingerprint density at radius 3 is 2.16 bits per heavy atom. The zero-order valence-electron chi connectivity index (χ0n) is 11.9. The summed E-state index contributed by atoms with van der Waals surface area (Å²) in [7, 11) is 0. The van der Waals surface area contributed by atoms with Crippen LogP contribution in [-0.4, -0.2) is 35.6 Å². The molecule has 0 aromatic carbocycles. The quantitative estimate of drug-likeness (QED) is 0.648. The molecule has 0 aliphatic carbocycles. The summed E-state index contributed by atoms with van der Waals surface area (Å²) in [6.45, 7) is 7.28. The number of nitrogens with one attached hydrogen (secondary N) is 1. The van der Waals surface area contributed by atoms with Gasteiger partial charge in [0.15, 0.2) is 0 Å². The van der Waals surface area contributed by atoms with E-state index in [1.165, 1.54) is 0 Å². The van der Waals surface area contributed by atoms with Gasteiger partial charge in [0.2, 0.25) is 5.91 Å². The molecule has 2 atom stereocenters. The van der Waals surface area contributed by atoms with E-state index in [1.807, 2.05) is 13.8 Å². The average Bonchev–Trinajstić information content (AvgIpc) is 2.24. The lowest BCUT2D eigenvalue weighted by molar-refractivity contribution is -0.147. The molecule has 0 radical (unpaired) electrons. The number of carbonyl (C=O) groups is 3. The Morgan fingerprint density at radius 1 is 1.16 bits per heavy atom. The fourth-order valence-corrected chi connectivity index (χ4v) is 1.65. The predicted molar refractivity (Wildman–Crippen MR) is 69.4 cm³/mol. The van der Waals surface area contributed by atoms with Crippen molar-refractivity contribution in [2.24, 2.45) is 11.8 Å². The minimum Gasteiger partial charge on any atom is -0.480 e. The van der Waals surface area contributed by atoms with Crippen LogP contribution in [0.3, 0.4) is 0 Å². The summed E-state index contributed by atoms with van der Waals surface area (Å²) in [6, 6.07) is -1.07. The molecule has 0 bridgehead atoms. The van der Waals surface area contributed by atoms with Gasteiger partial charge in [-0.25, -0.2) is 4.79 Å². The van der Waals surface area contributed by atoms with E-state index in [2.05, 4.69) is 5.32 Å². The minimum atomic E-state index is -1.14. The number of carboxylic acids is 1. The summed E-state index contributed by atoms with van der Waals surface area (Å²) >= 11 is 0. The fraction of sp³-hybridized carbons (Fsp3) is 0.769. The van der Waals surface area contributed by atoms with Gasteiger partial charge in [-0.1, -0.05) is 20.8 Å². The summed E-state index contributed by atoms with van der Waals surface area (Å²) in [4.78, 5) is 34.0. The fourth-order valence-electron chi connectivity index (χ4n) is 1.65. The van der Waals surface area contributed by atoms with Crippen molar-refractivity contribution in [2.75, 3.05) is 6.61 Å². The summed E-state index contributed by atoms with van der Waals surface area (Å²) in [5, 5.41) is 11.6. The molecule has 2 N–H and O–H groups in total. The number of hydrogen-bond donors (Lipinski definition) is 2. The number of ether oxygens (including phenoxy) is 1. The van der Waals surface area contributed by atoms with Gasteiger partial charge in [0.05, 0.1) is 13.0 Å². The van der Waals surface area contributed by atoms with E-state index in [4.69, 9.17) is 9.84 Å². The average molecular weight is 273 g/mol. The molecule has 19 heavy (non-hydrogen) atoms. The third-order valence-electron chi connectivity index (χ3n) is 2.54. The molecule has 0 unspecified atom stereocenters. The molecule has 0 heterocycles. The van der Waals surface area contributed by atoms with Crippen molar-refractivity contribution in [1.29, 1.82) is 0 Å². The number of carboxylic acid groups (broad SMARTS) is 1. The molecule has 6 nitrogen and oxygen atoms in total. The molecule has 0 aliphatic heterocycles. The second kappa shape index (κ2) is 8.50. The number of esters is 1. The third-order valence-corrected chi connectivity index (χ3v) is 2.54. The van der Waals surface area contributed by atoms with Gasteiger partial charge in [-0.05, 0) is 18.8 Å². The Hall–Kier alpha value is -1.59. The zero-order chi connectivity index (χ0) is 15.0. The monoisotopic (exact) mass is 273 g/mol. The molecule has 1 amide bonds. The molecule has 6 heteroatoms. The summed E-state index contributed by atoms with van der Waals surface area (Å²) < 4.78 is 4.77. The van der Waals surface area contributed by atoms with E-state index in [-0.39, 0.29) is 31.3 Å². The Morgan fingerprint density at radius 2 is 1.74 bits per heavy atom. The van der Waals surface area contributed by atoms with Crippen LogP contribution in [-0.2, 0) is 19.1 Å². The number of hydrogen-bond acceptors (Lipinski definition) is 4. The highest BCUT2D eigenvalue weighted by Crippen LogP contribution is 2.11. The molecule has 0 aromatic heterocycles. The van der Waals surface area contributed by atoms with Crippen molar-refractivity contribution in [3.8, 4) is 0 Å². The molecule has 0 saturated carbocycles. The van der Waals surface area contributed by atoms with Crippen LogP contribution >= 0.6 is 0 Å². The highest BCUT2D eigenvalue weighted by Gasteiger charge is 2.28. The molecule has 0 aromatic rings. The largest absolute Gasteiger partial charge is 0.480 e. The topological polar surface area (TPSA) is 92.7 Å². The lowest BCUT2D eigenvalue weighted by atomic mass is 9.97. The number of carbonyl (C=O) groups excluding carboxylic acids is 2. The number of amides is 1. The second-order valence-electron chi connectivity index (χ2n) is 4.97. The maximum Gasteiger partial charge on any atom is 0.326 e. The van der Waals surface area contributed by atoms with Gasteiger partial charge in [-0.2, -0.15) is 0 Å². The van der Waals surface area contributed by atoms with Gasteiger partial charge in [0, 0.05) is 6.42 Å². The molecule has 0 aliphatic rings. The molecular formula is C13H23NO5. The first kappa shape index (κ1) is 17.4. The molecular weight excluding hydrogens is 250 g/mol. The Labute approximate surface area is 113 Å². The van der Waals surface area contributed by atoms with Gasteiger partial charge >= 0.3 is 11.9 Å². The minimum absolute atomic E-state index is 0.0350.